The van der Waals surface area contributed by atoms with Crippen LogP contribution in [0.25, 0.3) is 5.65 Å². The van der Waals surface area contributed by atoms with Crippen molar-refractivity contribution in [2.24, 2.45) is 0 Å². The first-order chi connectivity index (χ1) is 5.68. The molecule has 0 aliphatic rings. The van der Waals surface area contributed by atoms with Gasteiger partial charge in [0.05, 0.1) is 11.9 Å². The molecule has 2 aromatic heterocycles. The molecule has 6 heteroatoms. The van der Waals surface area contributed by atoms with E-state index in [-0.39, 0.29) is 0 Å². The molecule has 0 spiro atoms. The van der Waals surface area contributed by atoms with Crippen LogP contribution in [0.5, 0.6) is 0 Å². The summed E-state index contributed by atoms with van der Waals surface area (Å²) in [4.78, 5) is 4.07. The Labute approximate surface area is 86.9 Å². The number of hydrogen-bond donors (Lipinski definition) is 1. The molecule has 0 amide bonds. The fourth-order valence-electron chi connectivity index (χ4n) is 0.934. The van der Waals surface area contributed by atoms with E-state index in [9.17, 15) is 0 Å². The number of anilines is 1. The molecule has 0 atom stereocenters. The van der Waals surface area contributed by atoms with Crippen LogP contribution in [0.1, 0.15) is 0 Å². The van der Waals surface area contributed by atoms with Crippen molar-refractivity contribution in [2.75, 3.05) is 5.73 Å². The number of aromatic nitrogens is 3. The third-order valence-electron chi connectivity index (χ3n) is 1.42. The lowest BCUT2D eigenvalue weighted by Gasteiger charge is -1.97. The van der Waals surface area contributed by atoms with E-state index in [2.05, 4.69) is 32.7 Å². The van der Waals surface area contributed by atoms with E-state index in [1.54, 1.807) is 16.8 Å². The Balaban J connectivity index is 2.92. The molecule has 0 radical (unpaired) electrons. The van der Waals surface area contributed by atoms with Gasteiger partial charge in [0.1, 0.15) is 3.70 Å². The molecule has 2 aromatic rings. The maximum Gasteiger partial charge on any atom is 0.178 e. The van der Waals surface area contributed by atoms with E-state index in [1.807, 2.05) is 0 Å². The highest BCUT2D eigenvalue weighted by atomic mass is 127. The SMILES string of the molecule is Nc1cc(Cl)nn2c(I)cnc12. The normalized spacial score (nSPS) is 10.8. The monoisotopic (exact) mass is 294 g/mol. The van der Waals surface area contributed by atoms with Gasteiger partial charge in [0.25, 0.3) is 0 Å². The van der Waals surface area contributed by atoms with Crippen LogP contribution in [0, 0.1) is 3.70 Å². The van der Waals surface area contributed by atoms with E-state index >= 15 is 0 Å². The molecule has 0 aliphatic carbocycles. The molecule has 0 aliphatic heterocycles. The smallest absolute Gasteiger partial charge is 0.178 e. The summed E-state index contributed by atoms with van der Waals surface area (Å²) in [5, 5.41) is 4.40. The van der Waals surface area contributed by atoms with E-state index in [1.165, 1.54) is 0 Å². The Morgan fingerprint density at radius 1 is 1.58 bits per heavy atom. The van der Waals surface area contributed by atoms with Crippen molar-refractivity contribution in [3.63, 3.8) is 0 Å². The van der Waals surface area contributed by atoms with Gasteiger partial charge in [0.2, 0.25) is 0 Å². The number of halogens is 2. The van der Waals surface area contributed by atoms with E-state index in [0.717, 1.165) is 3.70 Å². The second-order valence-corrected chi connectivity index (χ2v) is 3.73. The third-order valence-corrected chi connectivity index (χ3v) is 2.34. The van der Waals surface area contributed by atoms with Crippen molar-refractivity contribution in [2.45, 2.75) is 0 Å². The number of hydrogen-bond acceptors (Lipinski definition) is 3. The maximum absolute atomic E-state index is 5.71. The highest BCUT2D eigenvalue weighted by molar-refractivity contribution is 14.1. The first-order valence-electron chi connectivity index (χ1n) is 3.14. The number of nitrogens with two attached hydrogens (primary N) is 1. The number of imidazole rings is 1. The first kappa shape index (κ1) is 8.06. The summed E-state index contributed by atoms with van der Waals surface area (Å²) in [6.07, 6.45) is 1.69. The zero-order valence-electron chi connectivity index (χ0n) is 5.83. The zero-order chi connectivity index (χ0) is 8.72. The molecule has 2 rings (SSSR count). The van der Waals surface area contributed by atoms with Crippen molar-refractivity contribution >= 4 is 45.5 Å². The Kier molecular flexibility index (Phi) is 1.84. The van der Waals surface area contributed by atoms with Crippen molar-refractivity contribution < 1.29 is 0 Å². The third kappa shape index (κ3) is 1.13. The predicted octanol–water partition coefficient (Wildman–Crippen LogP) is 1.57. The van der Waals surface area contributed by atoms with Gasteiger partial charge in [-0.25, -0.2) is 9.50 Å². The lowest BCUT2D eigenvalue weighted by molar-refractivity contribution is 0.916. The second kappa shape index (κ2) is 2.74. The van der Waals surface area contributed by atoms with Crippen molar-refractivity contribution in [3.8, 4) is 0 Å². The zero-order valence-corrected chi connectivity index (χ0v) is 8.74. The molecule has 0 aromatic carbocycles. The van der Waals surface area contributed by atoms with Gasteiger partial charge >= 0.3 is 0 Å². The van der Waals surface area contributed by atoms with Crippen LogP contribution in [-0.4, -0.2) is 14.6 Å². The van der Waals surface area contributed by atoms with Gasteiger partial charge in [-0.15, -0.1) is 0 Å². The minimum Gasteiger partial charge on any atom is -0.396 e. The molecule has 62 valence electrons. The summed E-state index contributed by atoms with van der Waals surface area (Å²) < 4.78 is 2.50. The molecule has 0 fully saturated rings. The standard InChI is InChI=1S/C6H4ClIN4/c7-4-1-3(9)6-10-2-5(8)12(6)11-4/h1-2H,9H2. The molecule has 4 nitrogen and oxygen atoms in total. The van der Waals surface area contributed by atoms with Crippen LogP contribution >= 0.6 is 34.2 Å². The van der Waals surface area contributed by atoms with Gasteiger partial charge in [-0.05, 0) is 22.6 Å². The van der Waals surface area contributed by atoms with Gasteiger partial charge in [0, 0.05) is 6.07 Å². The lowest BCUT2D eigenvalue weighted by Crippen LogP contribution is -1.98. The van der Waals surface area contributed by atoms with Gasteiger partial charge in [-0.3, -0.25) is 0 Å². The molecule has 12 heavy (non-hydrogen) atoms. The van der Waals surface area contributed by atoms with Gasteiger partial charge in [-0.2, -0.15) is 5.10 Å². The summed E-state index contributed by atoms with van der Waals surface area (Å²) in [6.45, 7) is 0. The number of fused-ring (bicyclic) bond motifs is 1. The molecule has 0 saturated heterocycles. The van der Waals surface area contributed by atoms with Gasteiger partial charge in [-0.1, -0.05) is 11.6 Å². The van der Waals surface area contributed by atoms with Crippen LogP contribution in [0.2, 0.25) is 5.15 Å². The van der Waals surface area contributed by atoms with Gasteiger partial charge in [0.15, 0.2) is 10.8 Å². The minimum absolute atomic E-state index is 0.371. The minimum atomic E-state index is 0.371. The van der Waals surface area contributed by atoms with Crippen molar-refractivity contribution in [3.05, 3.63) is 21.1 Å². The first-order valence-corrected chi connectivity index (χ1v) is 4.59. The quantitative estimate of drug-likeness (QED) is 0.750. The molecule has 2 N–H and O–H groups in total. The average molecular weight is 294 g/mol. The van der Waals surface area contributed by atoms with Gasteiger partial charge < -0.3 is 5.73 Å². The second-order valence-electron chi connectivity index (χ2n) is 2.24. The lowest BCUT2D eigenvalue weighted by atomic mass is 10.5. The fraction of sp³-hybridized carbons (Fsp3) is 0. The molecule has 2 heterocycles. The summed E-state index contributed by atoms with van der Waals surface area (Å²) in [5.74, 6) is 0. The average Bonchev–Trinajstić information content (AvgIpc) is 2.33. The van der Waals surface area contributed by atoms with Crippen molar-refractivity contribution in [1.29, 1.82) is 0 Å². The number of rotatable bonds is 0. The summed E-state index contributed by atoms with van der Waals surface area (Å²) in [6, 6.07) is 1.58. The Morgan fingerprint density at radius 3 is 3.08 bits per heavy atom. The molecule has 0 unspecified atom stereocenters. The molecular formula is C6H4ClIN4. The summed E-state index contributed by atoms with van der Waals surface area (Å²) >= 11 is 7.82. The largest absolute Gasteiger partial charge is 0.396 e. The van der Waals surface area contributed by atoms with Crippen molar-refractivity contribution in [1.82, 2.24) is 14.6 Å². The van der Waals surface area contributed by atoms with E-state index in [4.69, 9.17) is 17.3 Å². The molecule has 0 bridgehead atoms. The van der Waals surface area contributed by atoms with E-state index < -0.39 is 0 Å². The summed E-state index contributed by atoms with van der Waals surface area (Å²) in [7, 11) is 0. The van der Waals surface area contributed by atoms with E-state index in [0.29, 0.717) is 16.5 Å². The predicted molar refractivity (Wildman–Crippen MR) is 55.1 cm³/mol. The highest BCUT2D eigenvalue weighted by Gasteiger charge is 2.05. The summed E-state index contributed by atoms with van der Waals surface area (Å²) in [5.41, 5.74) is 6.84. The van der Waals surface area contributed by atoms with Crippen LogP contribution in [-0.2, 0) is 0 Å². The van der Waals surface area contributed by atoms with Crippen LogP contribution in [0.15, 0.2) is 12.3 Å². The van der Waals surface area contributed by atoms with Crippen LogP contribution < -0.4 is 5.73 Å². The highest BCUT2D eigenvalue weighted by Crippen LogP contribution is 2.17. The number of nitrogen functional groups attached to an aromatic ring is 1. The fourth-order valence-corrected chi connectivity index (χ4v) is 1.60. The Bertz CT molecular complexity index is 438. The number of nitrogens with zero attached hydrogens (tertiary/aromatic N) is 3. The van der Waals surface area contributed by atoms with Crippen LogP contribution in [0.3, 0.4) is 0 Å². The Morgan fingerprint density at radius 2 is 2.33 bits per heavy atom. The molecular weight excluding hydrogens is 290 g/mol. The topological polar surface area (TPSA) is 56.2 Å². The Hall–Kier alpha value is -0.560. The molecule has 0 saturated carbocycles. The maximum atomic E-state index is 5.71. The van der Waals surface area contributed by atoms with Crippen LogP contribution in [0.4, 0.5) is 5.69 Å².